The summed E-state index contributed by atoms with van der Waals surface area (Å²) in [6.07, 6.45) is 0.343. The van der Waals surface area contributed by atoms with E-state index in [1.165, 1.54) is 6.07 Å². The van der Waals surface area contributed by atoms with Gasteiger partial charge in [0.05, 0.1) is 16.6 Å². The number of nitrogens with one attached hydrogen (secondary N) is 1. The highest BCUT2D eigenvalue weighted by atomic mass is 16.6. The predicted molar refractivity (Wildman–Crippen MR) is 87.1 cm³/mol. The zero-order valence-corrected chi connectivity index (χ0v) is 13.9. The first-order valence-electron chi connectivity index (χ1n) is 7.80. The molecule has 1 amide bonds. The Labute approximate surface area is 139 Å². The molecule has 0 aromatic heterocycles. The average Bonchev–Trinajstić information content (AvgIpc) is 2.53. The number of hydrogen-bond donors (Lipinski definition) is 1. The van der Waals surface area contributed by atoms with Crippen LogP contribution >= 0.6 is 0 Å². The number of nitro groups is 1. The molecule has 2 rings (SSSR count). The first kappa shape index (κ1) is 17.7. The fourth-order valence-electron chi connectivity index (χ4n) is 2.72. The molecule has 0 fully saturated rings. The maximum atomic E-state index is 12.5. The van der Waals surface area contributed by atoms with Crippen molar-refractivity contribution in [2.24, 2.45) is 0 Å². The molecule has 0 bridgehead atoms. The van der Waals surface area contributed by atoms with Gasteiger partial charge in [-0.3, -0.25) is 14.9 Å². The van der Waals surface area contributed by atoms with Gasteiger partial charge in [-0.25, -0.2) is 4.79 Å². The van der Waals surface area contributed by atoms with E-state index in [1.54, 1.807) is 32.0 Å². The van der Waals surface area contributed by atoms with Crippen molar-refractivity contribution >= 4 is 17.6 Å². The van der Waals surface area contributed by atoms with Gasteiger partial charge in [-0.1, -0.05) is 25.1 Å². The first-order valence-corrected chi connectivity index (χ1v) is 7.80. The number of nitrogens with zero attached hydrogens (tertiary/aromatic N) is 1. The number of carbonyl (C=O) groups is 2. The van der Waals surface area contributed by atoms with Crippen molar-refractivity contribution in [2.45, 2.75) is 45.6 Å². The summed E-state index contributed by atoms with van der Waals surface area (Å²) < 4.78 is 5.38. The number of nitro benzene ring substituents is 1. The Morgan fingerprint density at radius 1 is 1.46 bits per heavy atom. The van der Waals surface area contributed by atoms with Gasteiger partial charge in [-0.15, -0.1) is 0 Å². The molecular formula is C17H20N2O5. The third kappa shape index (κ3) is 3.61. The van der Waals surface area contributed by atoms with Gasteiger partial charge in [0.1, 0.15) is 0 Å². The van der Waals surface area contributed by atoms with Crippen LogP contribution in [0.4, 0.5) is 5.69 Å². The van der Waals surface area contributed by atoms with E-state index in [2.05, 4.69) is 5.32 Å². The summed E-state index contributed by atoms with van der Waals surface area (Å²) in [6.45, 7) is 5.27. The van der Waals surface area contributed by atoms with Gasteiger partial charge in [-0.05, 0) is 20.3 Å². The molecule has 0 aliphatic carbocycles. The van der Waals surface area contributed by atoms with Gasteiger partial charge in [0.25, 0.3) is 5.69 Å². The number of hydrogen-bond acceptors (Lipinski definition) is 5. The third-order valence-electron chi connectivity index (χ3n) is 4.08. The molecule has 1 N–H and O–H groups in total. The second-order valence-corrected chi connectivity index (χ2v) is 5.78. The van der Waals surface area contributed by atoms with E-state index in [-0.39, 0.29) is 29.7 Å². The Balaban J connectivity index is 2.50. The van der Waals surface area contributed by atoms with Crippen LogP contribution in [0.3, 0.4) is 0 Å². The van der Waals surface area contributed by atoms with E-state index in [9.17, 15) is 19.7 Å². The standard InChI is InChI=1S/C17H20N2O5/c1-4-10(2)24-17(21)16-11(3)18-15(20)9-13(16)12-7-5-6-8-14(12)19(22)23/h5-8,10,13H,4,9H2,1-3H3,(H,18,20)/t10-,13-/m0/s1. The highest BCUT2D eigenvalue weighted by Crippen LogP contribution is 2.38. The van der Waals surface area contributed by atoms with Crippen molar-refractivity contribution < 1.29 is 19.2 Å². The van der Waals surface area contributed by atoms with Crippen LogP contribution < -0.4 is 5.32 Å². The monoisotopic (exact) mass is 332 g/mol. The van der Waals surface area contributed by atoms with Crippen LogP contribution in [0.2, 0.25) is 0 Å². The van der Waals surface area contributed by atoms with E-state index < -0.39 is 16.8 Å². The maximum Gasteiger partial charge on any atom is 0.336 e. The Bertz CT molecular complexity index is 711. The lowest BCUT2D eigenvalue weighted by molar-refractivity contribution is -0.385. The zero-order chi connectivity index (χ0) is 17.9. The van der Waals surface area contributed by atoms with Crippen LogP contribution in [0.5, 0.6) is 0 Å². The zero-order valence-electron chi connectivity index (χ0n) is 13.9. The lowest BCUT2D eigenvalue weighted by Gasteiger charge is -2.27. The van der Waals surface area contributed by atoms with Crippen LogP contribution in [0.1, 0.15) is 45.1 Å². The van der Waals surface area contributed by atoms with E-state index in [0.717, 1.165) is 0 Å². The molecule has 7 nitrogen and oxygen atoms in total. The smallest absolute Gasteiger partial charge is 0.336 e. The first-order chi connectivity index (χ1) is 11.3. The summed E-state index contributed by atoms with van der Waals surface area (Å²) in [4.78, 5) is 35.3. The van der Waals surface area contributed by atoms with Gasteiger partial charge >= 0.3 is 5.97 Å². The number of ether oxygens (including phenoxy) is 1. The Kier molecular flexibility index (Phi) is 5.33. The largest absolute Gasteiger partial charge is 0.459 e. The SMILES string of the molecule is CC[C@H](C)OC(=O)C1=C(C)NC(=O)C[C@H]1c1ccccc1[N+](=O)[O-]. The van der Waals surface area contributed by atoms with Gasteiger partial charge < -0.3 is 10.1 Å². The molecule has 0 saturated carbocycles. The Hall–Kier alpha value is -2.70. The number of esters is 1. The van der Waals surface area contributed by atoms with Crippen LogP contribution in [0.25, 0.3) is 0 Å². The highest BCUT2D eigenvalue weighted by molar-refractivity contribution is 5.96. The van der Waals surface area contributed by atoms with Crippen molar-refractivity contribution in [3.63, 3.8) is 0 Å². The van der Waals surface area contributed by atoms with E-state index in [4.69, 9.17) is 4.74 Å². The molecule has 128 valence electrons. The highest BCUT2D eigenvalue weighted by Gasteiger charge is 2.36. The molecular weight excluding hydrogens is 312 g/mol. The number of benzene rings is 1. The molecule has 0 saturated heterocycles. The van der Waals surface area contributed by atoms with Crippen molar-refractivity contribution in [1.82, 2.24) is 5.32 Å². The second-order valence-electron chi connectivity index (χ2n) is 5.78. The van der Waals surface area contributed by atoms with Crippen LogP contribution in [0, 0.1) is 10.1 Å². The van der Waals surface area contributed by atoms with Gasteiger partial charge in [0.2, 0.25) is 5.91 Å². The minimum Gasteiger partial charge on any atom is -0.459 e. The molecule has 0 radical (unpaired) electrons. The van der Waals surface area contributed by atoms with Gasteiger partial charge in [0.15, 0.2) is 0 Å². The summed E-state index contributed by atoms with van der Waals surface area (Å²) in [5.74, 6) is -1.53. The average molecular weight is 332 g/mol. The van der Waals surface area contributed by atoms with Crippen molar-refractivity contribution in [3.05, 3.63) is 51.2 Å². The predicted octanol–water partition coefficient (Wildman–Crippen LogP) is 2.81. The molecule has 0 unspecified atom stereocenters. The number of para-hydroxylation sites is 1. The van der Waals surface area contributed by atoms with Crippen molar-refractivity contribution in [3.8, 4) is 0 Å². The molecule has 24 heavy (non-hydrogen) atoms. The molecule has 2 atom stereocenters. The summed E-state index contributed by atoms with van der Waals surface area (Å²) in [5, 5.41) is 13.9. The Morgan fingerprint density at radius 2 is 2.12 bits per heavy atom. The van der Waals surface area contributed by atoms with Gasteiger partial charge in [-0.2, -0.15) is 0 Å². The normalized spacial score (nSPS) is 18.8. The van der Waals surface area contributed by atoms with Crippen LogP contribution in [-0.2, 0) is 14.3 Å². The van der Waals surface area contributed by atoms with Crippen LogP contribution in [0.15, 0.2) is 35.5 Å². The number of allylic oxidation sites excluding steroid dienone is 1. The summed E-state index contributed by atoms with van der Waals surface area (Å²) in [6, 6.07) is 6.15. The quantitative estimate of drug-likeness (QED) is 0.508. The topological polar surface area (TPSA) is 98.5 Å². The lowest BCUT2D eigenvalue weighted by atomic mass is 9.83. The fraction of sp³-hybridized carbons (Fsp3) is 0.412. The van der Waals surface area contributed by atoms with Gasteiger partial charge in [0, 0.05) is 29.7 Å². The van der Waals surface area contributed by atoms with E-state index in [1.807, 2.05) is 6.92 Å². The second kappa shape index (κ2) is 7.25. The molecule has 1 aromatic rings. The third-order valence-corrected chi connectivity index (χ3v) is 4.08. The molecule has 1 heterocycles. The fourth-order valence-corrected chi connectivity index (χ4v) is 2.72. The lowest BCUT2D eigenvalue weighted by Crippen LogP contribution is -2.35. The number of amides is 1. The summed E-state index contributed by atoms with van der Waals surface area (Å²) in [7, 11) is 0. The summed E-state index contributed by atoms with van der Waals surface area (Å²) >= 11 is 0. The minimum absolute atomic E-state index is 0.0346. The van der Waals surface area contributed by atoms with Crippen molar-refractivity contribution in [2.75, 3.05) is 0 Å². The number of rotatable bonds is 5. The summed E-state index contributed by atoms with van der Waals surface area (Å²) in [5.41, 5.74) is 0.874. The molecule has 1 aliphatic rings. The van der Waals surface area contributed by atoms with Crippen LogP contribution in [-0.4, -0.2) is 22.9 Å². The minimum atomic E-state index is -0.697. The molecule has 1 aliphatic heterocycles. The molecule has 0 spiro atoms. The number of carbonyl (C=O) groups excluding carboxylic acids is 2. The maximum absolute atomic E-state index is 12.5. The van der Waals surface area contributed by atoms with Crippen molar-refractivity contribution in [1.29, 1.82) is 0 Å². The molecule has 1 aromatic carbocycles. The Morgan fingerprint density at radius 3 is 2.75 bits per heavy atom. The van der Waals surface area contributed by atoms with E-state index >= 15 is 0 Å². The molecule has 7 heteroatoms. The van der Waals surface area contributed by atoms with E-state index in [0.29, 0.717) is 17.7 Å².